The number of ether oxygens (including phenoxy) is 1. The summed E-state index contributed by atoms with van der Waals surface area (Å²) < 4.78 is 19.6. The van der Waals surface area contributed by atoms with Crippen molar-refractivity contribution < 1.29 is 9.30 Å². The summed E-state index contributed by atoms with van der Waals surface area (Å²) >= 11 is 0. The van der Waals surface area contributed by atoms with Gasteiger partial charge in [0.05, 0.1) is 0 Å². The van der Waals surface area contributed by atoms with Gasteiger partial charge in [-0.05, 0) is 19.3 Å². The molecule has 2 aliphatic rings. The molecule has 0 saturated heterocycles. The number of hydrazine groups is 1. The zero-order valence-corrected chi connectivity index (χ0v) is 15.3. The number of hydrogen-bond donors (Lipinski definition) is 2. The van der Waals surface area contributed by atoms with E-state index in [4.69, 9.17) is 4.74 Å². The summed E-state index contributed by atoms with van der Waals surface area (Å²) in [7, 11) is -2.96. The SMILES string of the molecule is O=P1(NNC2=CCCC2)C=C(c2ccccc2)OC(c2ccccc2)=C1. The number of nitrogens with one attached hydrogen (secondary N) is 2. The van der Waals surface area contributed by atoms with E-state index in [1.54, 1.807) is 11.6 Å². The Balaban J connectivity index is 1.67. The van der Waals surface area contributed by atoms with Crippen molar-refractivity contribution in [1.82, 2.24) is 10.6 Å². The normalized spacial score (nSPS) is 18.4. The molecule has 1 aliphatic heterocycles. The second kappa shape index (κ2) is 7.36. The first-order chi connectivity index (χ1) is 12.7. The molecule has 2 aromatic rings. The monoisotopic (exact) mass is 364 g/mol. The summed E-state index contributed by atoms with van der Waals surface area (Å²) in [5.41, 5.74) is 6.03. The van der Waals surface area contributed by atoms with Crippen molar-refractivity contribution in [3.05, 3.63) is 95.2 Å². The molecule has 0 bridgehead atoms. The number of rotatable bonds is 5. The molecule has 0 atom stereocenters. The summed E-state index contributed by atoms with van der Waals surface area (Å²) in [5.74, 6) is 4.59. The molecule has 2 N–H and O–H groups in total. The van der Waals surface area contributed by atoms with E-state index in [1.807, 2.05) is 60.7 Å². The molecule has 0 saturated carbocycles. The fraction of sp³-hybridized carbons (Fsp3) is 0.143. The van der Waals surface area contributed by atoms with Gasteiger partial charge < -0.3 is 10.2 Å². The first-order valence-electron chi connectivity index (χ1n) is 8.78. The van der Waals surface area contributed by atoms with Crippen LogP contribution in [0.15, 0.2) is 84.1 Å². The van der Waals surface area contributed by atoms with Crippen LogP contribution in [0, 0.1) is 0 Å². The van der Waals surface area contributed by atoms with Crippen molar-refractivity contribution in [3.8, 4) is 0 Å². The van der Waals surface area contributed by atoms with Crippen LogP contribution in [-0.4, -0.2) is 0 Å². The molecule has 0 amide bonds. The van der Waals surface area contributed by atoms with E-state index >= 15 is 0 Å². The highest BCUT2D eigenvalue weighted by Crippen LogP contribution is 2.52. The van der Waals surface area contributed by atoms with E-state index in [0.717, 1.165) is 36.1 Å². The van der Waals surface area contributed by atoms with E-state index in [2.05, 4.69) is 16.7 Å². The average Bonchev–Trinajstić information content (AvgIpc) is 3.21. The van der Waals surface area contributed by atoms with Crippen LogP contribution in [-0.2, 0) is 9.30 Å². The standard InChI is InChI=1S/C21H21N2O2P/c24-26(23-22-19-13-7-8-14-19)15-20(17-9-3-1-4-10-17)25-21(16-26)18-11-5-2-6-12-18/h1-6,9-13,15-16,22H,7-8,14H2,(H,23,24). The van der Waals surface area contributed by atoms with Gasteiger partial charge in [0, 0.05) is 28.5 Å². The fourth-order valence-corrected chi connectivity index (χ4v) is 4.66. The number of hydrogen-bond acceptors (Lipinski definition) is 3. The fourth-order valence-electron chi connectivity index (χ4n) is 3.04. The third-order valence-electron chi connectivity index (χ3n) is 4.39. The maximum Gasteiger partial charge on any atom is 0.214 e. The van der Waals surface area contributed by atoms with E-state index in [1.165, 1.54) is 0 Å². The lowest BCUT2D eigenvalue weighted by Gasteiger charge is -2.24. The van der Waals surface area contributed by atoms with Gasteiger partial charge in [-0.25, -0.2) is 0 Å². The van der Waals surface area contributed by atoms with Crippen LogP contribution in [0.3, 0.4) is 0 Å². The molecule has 132 valence electrons. The second-order valence-electron chi connectivity index (χ2n) is 6.39. The van der Waals surface area contributed by atoms with Crippen LogP contribution < -0.4 is 10.6 Å². The first-order valence-corrected chi connectivity index (χ1v) is 10.6. The van der Waals surface area contributed by atoms with Crippen molar-refractivity contribution >= 4 is 18.8 Å². The Kier molecular flexibility index (Phi) is 4.79. The van der Waals surface area contributed by atoms with Crippen LogP contribution in [0.1, 0.15) is 30.4 Å². The minimum Gasteiger partial charge on any atom is -0.456 e. The Bertz CT molecular complexity index is 858. The average molecular weight is 364 g/mol. The Morgan fingerprint density at radius 1 is 0.846 bits per heavy atom. The van der Waals surface area contributed by atoms with Gasteiger partial charge in [0.15, 0.2) is 0 Å². The number of allylic oxidation sites excluding steroid dienone is 2. The van der Waals surface area contributed by atoms with E-state index in [9.17, 15) is 4.57 Å². The van der Waals surface area contributed by atoms with Gasteiger partial charge in [0.25, 0.3) is 0 Å². The van der Waals surface area contributed by atoms with Crippen molar-refractivity contribution in [2.24, 2.45) is 0 Å². The first kappa shape index (κ1) is 16.9. The van der Waals surface area contributed by atoms with Gasteiger partial charge in [-0.1, -0.05) is 66.7 Å². The zero-order chi connectivity index (χ0) is 17.8. The van der Waals surface area contributed by atoms with Crippen molar-refractivity contribution in [2.45, 2.75) is 19.3 Å². The molecule has 26 heavy (non-hydrogen) atoms. The predicted octanol–water partition coefficient (Wildman–Crippen LogP) is 5.45. The van der Waals surface area contributed by atoms with Crippen LogP contribution in [0.2, 0.25) is 0 Å². The highest BCUT2D eigenvalue weighted by atomic mass is 31.2. The van der Waals surface area contributed by atoms with Crippen LogP contribution >= 0.6 is 7.29 Å². The topological polar surface area (TPSA) is 50.4 Å². The van der Waals surface area contributed by atoms with Gasteiger partial charge in [-0.3, -0.25) is 4.57 Å². The van der Waals surface area contributed by atoms with Crippen molar-refractivity contribution in [2.75, 3.05) is 0 Å². The lowest BCUT2D eigenvalue weighted by atomic mass is 10.2. The second-order valence-corrected chi connectivity index (χ2v) is 8.55. The van der Waals surface area contributed by atoms with Gasteiger partial charge in [-0.2, -0.15) is 5.20 Å². The zero-order valence-electron chi connectivity index (χ0n) is 14.4. The summed E-state index contributed by atoms with van der Waals surface area (Å²) in [4.78, 5) is 0. The Hall–Kier alpha value is -2.55. The van der Waals surface area contributed by atoms with Gasteiger partial charge in [0.2, 0.25) is 7.29 Å². The third-order valence-corrected chi connectivity index (χ3v) is 6.08. The third kappa shape index (κ3) is 3.82. The Morgan fingerprint density at radius 2 is 1.42 bits per heavy atom. The van der Waals surface area contributed by atoms with E-state index in [-0.39, 0.29) is 0 Å². The van der Waals surface area contributed by atoms with Gasteiger partial charge in [-0.15, -0.1) is 0 Å². The highest BCUT2D eigenvalue weighted by Gasteiger charge is 2.27. The molecule has 5 heteroatoms. The molecule has 1 aliphatic carbocycles. The van der Waals surface area contributed by atoms with E-state index in [0.29, 0.717) is 11.5 Å². The molecule has 1 heterocycles. The Morgan fingerprint density at radius 3 is 1.92 bits per heavy atom. The lowest BCUT2D eigenvalue weighted by Crippen LogP contribution is -2.27. The lowest BCUT2D eigenvalue weighted by molar-refractivity contribution is 0.467. The van der Waals surface area contributed by atoms with Crippen LogP contribution in [0.25, 0.3) is 11.5 Å². The predicted molar refractivity (Wildman–Crippen MR) is 106 cm³/mol. The molecular weight excluding hydrogens is 343 g/mol. The van der Waals surface area contributed by atoms with Gasteiger partial charge in [0.1, 0.15) is 11.5 Å². The summed E-state index contributed by atoms with van der Waals surface area (Å²) in [6.07, 6.45) is 5.32. The molecule has 0 spiro atoms. The minimum absolute atomic E-state index is 0.602. The summed E-state index contributed by atoms with van der Waals surface area (Å²) in [6, 6.07) is 19.5. The quantitative estimate of drug-likeness (QED) is 0.547. The van der Waals surface area contributed by atoms with Crippen LogP contribution in [0.5, 0.6) is 0 Å². The molecule has 0 unspecified atom stereocenters. The van der Waals surface area contributed by atoms with Crippen molar-refractivity contribution in [1.29, 1.82) is 0 Å². The maximum atomic E-state index is 13.5. The molecule has 0 fully saturated rings. The smallest absolute Gasteiger partial charge is 0.214 e. The highest BCUT2D eigenvalue weighted by molar-refractivity contribution is 7.68. The summed E-state index contributed by atoms with van der Waals surface area (Å²) in [6.45, 7) is 0. The minimum atomic E-state index is -2.96. The van der Waals surface area contributed by atoms with E-state index < -0.39 is 7.29 Å². The molecule has 0 radical (unpaired) electrons. The molecule has 2 aromatic carbocycles. The maximum absolute atomic E-state index is 13.5. The Labute approximate surface area is 153 Å². The molecule has 4 rings (SSSR count). The number of benzene rings is 2. The summed E-state index contributed by atoms with van der Waals surface area (Å²) in [5, 5.41) is 3.04. The van der Waals surface area contributed by atoms with Crippen molar-refractivity contribution in [3.63, 3.8) is 0 Å². The largest absolute Gasteiger partial charge is 0.456 e. The molecule has 4 nitrogen and oxygen atoms in total. The molecule has 0 aromatic heterocycles. The molecular formula is C21H21N2O2P. The van der Waals surface area contributed by atoms with Crippen LogP contribution in [0.4, 0.5) is 0 Å². The van der Waals surface area contributed by atoms with Gasteiger partial charge >= 0.3 is 0 Å².